The van der Waals surface area contributed by atoms with Crippen molar-refractivity contribution in [2.45, 2.75) is 222 Å². The van der Waals surface area contributed by atoms with Gasteiger partial charge in [-0.05, 0) is 208 Å². The molecule has 0 amide bonds. The number of benzene rings is 11. The zero-order valence-electron chi connectivity index (χ0n) is 66.5. The van der Waals surface area contributed by atoms with Crippen LogP contribution in [0.2, 0.25) is 0 Å². The van der Waals surface area contributed by atoms with E-state index in [2.05, 4.69) is 394 Å². The van der Waals surface area contributed by atoms with Crippen molar-refractivity contribution in [1.29, 1.82) is 0 Å². The highest BCUT2D eigenvalue weighted by Crippen LogP contribution is 2.56. The van der Waals surface area contributed by atoms with E-state index >= 15 is 0 Å². The summed E-state index contributed by atoms with van der Waals surface area (Å²) in [5, 5.41) is 0. The fraction of sp³-hybridized carbons (Fsp3) is 0.340. The highest BCUT2D eigenvalue weighted by atomic mass is 15.2. The molecule has 103 heavy (non-hydrogen) atoms. The van der Waals surface area contributed by atoms with Crippen LogP contribution in [0.15, 0.2) is 218 Å². The maximum atomic E-state index is 2.80. The van der Waals surface area contributed by atoms with E-state index in [0.29, 0.717) is 0 Å². The van der Waals surface area contributed by atoms with E-state index in [1.807, 2.05) is 0 Å². The van der Waals surface area contributed by atoms with E-state index in [0.717, 1.165) is 6.42 Å². The van der Waals surface area contributed by atoms with Crippen molar-refractivity contribution in [3.05, 3.63) is 291 Å². The van der Waals surface area contributed by atoms with Crippen molar-refractivity contribution in [3.63, 3.8) is 0 Å². The SMILES string of the molecule is CC(C)(C)c1ccc(-c2ccc3c(c2)B2c4cc(-c5ccc(C(C)(C)C)cc5)ccc4N(c4c(-c5ccc(C(C)(C)C)cc5)cc(C(C)(C)C)cc4C(C)(C)C)c4cc(C5c6ccccc6Cc6ccccc65)cc(c42)N3c2c(-c3ccc(C(C)(C)C)cc3)cc(C(C)(C)C)cc2C(C)(C)C)cc1. The lowest BCUT2D eigenvalue weighted by Gasteiger charge is -2.47. The smallest absolute Gasteiger partial charge is 0.252 e. The molecule has 11 aromatic rings. The molecule has 0 bridgehead atoms. The molecule has 0 aromatic heterocycles. The summed E-state index contributed by atoms with van der Waals surface area (Å²) in [6, 6.07) is 87.7. The predicted molar refractivity (Wildman–Crippen MR) is 448 cm³/mol. The summed E-state index contributed by atoms with van der Waals surface area (Å²) in [5.41, 5.74) is 37.3. The van der Waals surface area contributed by atoms with Crippen molar-refractivity contribution in [1.82, 2.24) is 0 Å². The Balaban J connectivity index is 1.21. The second-order valence-corrected chi connectivity index (χ2v) is 38.8. The summed E-state index contributed by atoms with van der Waals surface area (Å²) in [6.45, 7) is 56.7. The van der Waals surface area contributed by atoms with Gasteiger partial charge in [0.25, 0.3) is 6.71 Å². The van der Waals surface area contributed by atoms with Gasteiger partial charge in [0.15, 0.2) is 0 Å². The monoisotopic (exact) mass is 1350 g/mol. The summed E-state index contributed by atoms with van der Waals surface area (Å²) < 4.78 is 0. The van der Waals surface area contributed by atoms with Crippen LogP contribution in [0.3, 0.4) is 0 Å². The Bertz CT molecular complexity index is 4780. The van der Waals surface area contributed by atoms with Crippen LogP contribution in [0.25, 0.3) is 44.5 Å². The van der Waals surface area contributed by atoms with Crippen LogP contribution < -0.4 is 26.2 Å². The molecule has 3 heteroatoms. The normalized spacial score (nSPS) is 14.3. The Morgan fingerprint density at radius 2 is 0.573 bits per heavy atom. The Kier molecular flexibility index (Phi) is 17.2. The largest absolute Gasteiger partial charge is 0.311 e. The Morgan fingerprint density at radius 1 is 0.272 bits per heavy atom. The predicted octanol–water partition coefficient (Wildman–Crippen LogP) is 25.9. The first-order valence-electron chi connectivity index (χ1n) is 38.2. The van der Waals surface area contributed by atoms with E-state index < -0.39 is 0 Å². The Morgan fingerprint density at radius 3 is 0.883 bits per heavy atom. The first-order valence-corrected chi connectivity index (χ1v) is 38.2. The minimum absolute atomic E-state index is 0.00578. The lowest BCUT2D eigenvalue weighted by Crippen LogP contribution is -2.61. The molecule has 3 aliphatic rings. The van der Waals surface area contributed by atoms with E-state index in [-0.39, 0.29) is 56.0 Å². The maximum Gasteiger partial charge on any atom is 0.252 e. The van der Waals surface area contributed by atoms with Gasteiger partial charge >= 0.3 is 0 Å². The highest BCUT2D eigenvalue weighted by molar-refractivity contribution is 7.00. The molecule has 0 radical (unpaired) electrons. The molecule has 0 saturated heterocycles. The number of anilines is 6. The molecule has 0 fully saturated rings. The number of rotatable bonds is 7. The molecular weight excluding hydrogens is 1240 g/mol. The third-order valence-corrected chi connectivity index (χ3v) is 22.8. The average Bonchev–Trinajstić information content (AvgIpc) is 0.684. The van der Waals surface area contributed by atoms with E-state index in [1.165, 1.54) is 167 Å². The molecule has 0 N–H and O–H groups in total. The Hall–Kier alpha value is -8.92. The lowest BCUT2D eigenvalue weighted by atomic mass is 9.33. The molecule has 0 atom stereocenters. The van der Waals surface area contributed by atoms with Crippen LogP contribution in [0.1, 0.15) is 244 Å². The number of nitrogens with zero attached hydrogens (tertiary/aromatic N) is 2. The Labute approximate surface area is 620 Å². The molecule has 11 aromatic carbocycles. The van der Waals surface area contributed by atoms with Gasteiger partial charge < -0.3 is 9.80 Å². The van der Waals surface area contributed by atoms with E-state index in [9.17, 15) is 0 Å². The van der Waals surface area contributed by atoms with Gasteiger partial charge in [-0.3, -0.25) is 0 Å². The molecule has 0 saturated carbocycles. The summed E-state index contributed by atoms with van der Waals surface area (Å²) in [5.74, 6) is -0.0749. The summed E-state index contributed by atoms with van der Waals surface area (Å²) in [4.78, 5) is 5.61. The van der Waals surface area contributed by atoms with Crippen LogP contribution >= 0.6 is 0 Å². The van der Waals surface area contributed by atoms with Gasteiger partial charge in [0, 0.05) is 39.8 Å². The number of hydrogen-bond acceptors (Lipinski definition) is 2. The van der Waals surface area contributed by atoms with Crippen LogP contribution in [0, 0.1) is 0 Å². The summed E-state index contributed by atoms with van der Waals surface area (Å²) >= 11 is 0. The topological polar surface area (TPSA) is 6.48 Å². The van der Waals surface area contributed by atoms with Gasteiger partial charge in [-0.2, -0.15) is 0 Å². The molecule has 2 nitrogen and oxygen atoms in total. The quantitative estimate of drug-likeness (QED) is 0.147. The van der Waals surface area contributed by atoms with Crippen LogP contribution in [-0.2, 0) is 49.7 Å². The molecule has 1 aliphatic carbocycles. The van der Waals surface area contributed by atoms with Gasteiger partial charge in [-0.15, -0.1) is 0 Å². The first kappa shape index (κ1) is 71.1. The second kappa shape index (κ2) is 24.9. The van der Waals surface area contributed by atoms with Gasteiger partial charge in [-0.25, -0.2) is 0 Å². The molecule has 0 unspecified atom stereocenters. The third kappa shape index (κ3) is 13.1. The van der Waals surface area contributed by atoms with Crippen molar-refractivity contribution >= 4 is 57.2 Å². The number of hydrogen-bond donors (Lipinski definition) is 0. The molecular formula is C100H111BN2. The second-order valence-electron chi connectivity index (χ2n) is 38.8. The lowest BCUT2D eigenvalue weighted by molar-refractivity contribution is 0.569. The van der Waals surface area contributed by atoms with Gasteiger partial charge in [-0.1, -0.05) is 348 Å². The van der Waals surface area contributed by atoms with Crippen molar-refractivity contribution in [3.8, 4) is 44.5 Å². The first-order chi connectivity index (χ1) is 48.1. The standard InChI is InChI=1S/C100H111BN2/c1-93(2,3)71-43-33-62(34-44-71)66-41-51-85-83(54-66)101-84-55-67(63-35-45-72(46-36-63)94(4,5)6)42-52-86(84)103(92-80(65-39-49-74(50-40-65)96(10,11)12)59-76(98(16,17)18)61-82(92)100(22,23)24)88-57-70(89-77-31-27-25-29-68(77)53-69-30-26-28-32-78(69)89)56-87(90(88)101)102(85)91-79(64-37-47-73(48-38-64)95(7,8)9)58-75(97(13,14)15)60-81(91)99(19,20)21/h25-52,54-61,89H,53H2,1-24H3. The summed E-state index contributed by atoms with van der Waals surface area (Å²) in [7, 11) is 0. The van der Waals surface area contributed by atoms with Crippen LogP contribution in [-0.4, -0.2) is 6.71 Å². The highest BCUT2D eigenvalue weighted by Gasteiger charge is 2.48. The summed E-state index contributed by atoms with van der Waals surface area (Å²) in [6.07, 6.45) is 0.892. The van der Waals surface area contributed by atoms with Crippen LogP contribution in [0.5, 0.6) is 0 Å². The van der Waals surface area contributed by atoms with Crippen molar-refractivity contribution < 1.29 is 0 Å². The average molecular weight is 1350 g/mol. The number of fused-ring (bicyclic) bond motifs is 6. The maximum absolute atomic E-state index is 2.80. The van der Waals surface area contributed by atoms with Crippen LogP contribution in [0.4, 0.5) is 34.1 Å². The van der Waals surface area contributed by atoms with Gasteiger partial charge in [0.2, 0.25) is 0 Å². The zero-order valence-corrected chi connectivity index (χ0v) is 66.5. The molecule has 2 heterocycles. The van der Waals surface area contributed by atoms with E-state index in [1.54, 1.807) is 0 Å². The fourth-order valence-corrected chi connectivity index (χ4v) is 16.5. The van der Waals surface area contributed by atoms with Gasteiger partial charge in [0.1, 0.15) is 0 Å². The molecule has 524 valence electrons. The van der Waals surface area contributed by atoms with Crippen molar-refractivity contribution in [2.24, 2.45) is 0 Å². The third-order valence-electron chi connectivity index (χ3n) is 22.8. The van der Waals surface area contributed by atoms with Gasteiger partial charge in [0.05, 0.1) is 11.4 Å². The van der Waals surface area contributed by atoms with E-state index in [4.69, 9.17) is 0 Å². The minimum atomic E-state index is -0.314. The minimum Gasteiger partial charge on any atom is -0.311 e. The zero-order chi connectivity index (χ0) is 73.8. The molecule has 0 spiro atoms. The van der Waals surface area contributed by atoms with Crippen molar-refractivity contribution in [2.75, 3.05) is 9.80 Å². The fourth-order valence-electron chi connectivity index (χ4n) is 16.5. The molecule has 14 rings (SSSR count). The molecule has 2 aliphatic heterocycles.